The molecule has 0 amide bonds. The number of nitriles is 1. The van der Waals surface area contributed by atoms with Gasteiger partial charge in [-0.3, -0.25) is 0 Å². The molecule has 0 unspecified atom stereocenters. The summed E-state index contributed by atoms with van der Waals surface area (Å²) in [6.07, 6.45) is 4.69. The highest BCUT2D eigenvalue weighted by Crippen LogP contribution is 2.27. The minimum Gasteiger partial charge on any atom is -1.00 e. The summed E-state index contributed by atoms with van der Waals surface area (Å²) in [5.74, 6) is -0.245. The molecule has 0 saturated heterocycles. The van der Waals surface area contributed by atoms with Gasteiger partial charge in [0.2, 0.25) is 11.4 Å². The van der Waals surface area contributed by atoms with E-state index in [0.717, 1.165) is 43.8 Å². The second-order valence-corrected chi connectivity index (χ2v) is 9.30. The van der Waals surface area contributed by atoms with Crippen molar-refractivity contribution in [3.05, 3.63) is 106 Å². The van der Waals surface area contributed by atoms with Crippen molar-refractivity contribution in [1.82, 2.24) is 0 Å². The van der Waals surface area contributed by atoms with Crippen LogP contribution in [0, 0.1) is 17.1 Å². The average Bonchev–Trinajstić information content (AvgIpc) is 2.88. The molecule has 0 saturated carbocycles. The topological polar surface area (TPSA) is 30.9 Å². The standard InChI is InChI=1S/C30H26BrFN3.HI/c1-34(19-3-18-33)28-15-4-22(5-16-28)6-17-29-20-25(23-9-13-27(32)14-10-23)21-30(35(29)2)24-7-11-26(31)12-8-24;/h4-17,20-21H,3,19H2,1-2H3;1H/q+1;/p-1. The first-order chi connectivity index (χ1) is 16.9. The summed E-state index contributed by atoms with van der Waals surface area (Å²) in [5, 5.41) is 8.81. The first kappa shape index (κ1) is 27.6. The van der Waals surface area contributed by atoms with Crippen LogP contribution in [0.15, 0.2) is 89.4 Å². The van der Waals surface area contributed by atoms with Crippen molar-refractivity contribution in [1.29, 1.82) is 5.26 Å². The van der Waals surface area contributed by atoms with Gasteiger partial charge in [-0.1, -0.05) is 40.2 Å². The maximum Gasteiger partial charge on any atom is 0.213 e. The fourth-order valence-corrected chi connectivity index (χ4v) is 4.18. The quantitative estimate of drug-likeness (QED) is 0.221. The summed E-state index contributed by atoms with van der Waals surface area (Å²) in [5.41, 5.74) is 7.34. The zero-order chi connectivity index (χ0) is 24.8. The number of rotatable bonds is 7. The second kappa shape index (κ2) is 12.8. The van der Waals surface area contributed by atoms with Crippen LogP contribution in [-0.2, 0) is 7.05 Å². The number of hydrogen-bond acceptors (Lipinski definition) is 2. The SMILES string of the molecule is CN(CCC#N)c1ccc(C=Cc2cc(-c3ccc(F)cc3)cc(-c3ccc(Br)cc3)[n+]2C)cc1.[I-]. The molecular formula is C30H26BrFIN3. The lowest BCUT2D eigenvalue weighted by Gasteiger charge is -2.17. The summed E-state index contributed by atoms with van der Waals surface area (Å²) < 4.78 is 16.7. The highest BCUT2D eigenvalue weighted by Gasteiger charge is 2.17. The van der Waals surface area contributed by atoms with Gasteiger partial charge in [0.1, 0.15) is 12.9 Å². The molecular weight excluding hydrogens is 628 g/mol. The van der Waals surface area contributed by atoms with Gasteiger partial charge in [0.05, 0.1) is 12.5 Å². The van der Waals surface area contributed by atoms with Crippen molar-refractivity contribution in [2.45, 2.75) is 6.42 Å². The summed E-state index contributed by atoms with van der Waals surface area (Å²) in [4.78, 5) is 2.08. The fourth-order valence-electron chi connectivity index (χ4n) is 3.92. The molecule has 4 rings (SSSR count). The second-order valence-electron chi connectivity index (χ2n) is 8.38. The van der Waals surface area contributed by atoms with E-state index >= 15 is 0 Å². The van der Waals surface area contributed by atoms with Crippen LogP contribution in [0.3, 0.4) is 0 Å². The van der Waals surface area contributed by atoms with Crippen LogP contribution in [0.25, 0.3) is 34.5 Å². The third kappa shape index (κ3) is 6.80. The van der Waals surface area contributed by atoms with Crippen LogP contribution in [0.4, 0.5) is 10.1 Å². The lowest BCUT2D eigenvalue weighted by atomic mass is 10.0. The van der Waals surface area contributed by atoms with E-state index in [4.69, 9.17) is 5.26 Å². The summed E-state index contributed by atoms with van der Waals surface area (Å²) in [6, 6.07) is 29.6. The molecule has 3 aromatic carbocycles. The van der Waals surface area contributed by atoms with E-state index in [1.807, 2.05) is 31.3 Å². The van der Waals surface area contributed by atoms with Crippen molar-refractivity contribution in [2.75, 3.05) is 18.5 Å². The highest BCUT2D eigenvalue weighted by molar-refractivity contribution is 9.10. The largest absolute Gasteiger partial charge is 1.00 e. The Labute approximate surface area is 237 Å². The minimum absolute atomic E-state index is 0. The Balaban J connectivity index is 0.00000361. The molecule has 182 valence electrons. The van der Waals surface area contributed by atoms with Crippen molar-refractivity contribution >= 4 is 33.8 Å². The molecule has 36 heavy (non-hydrogen) atoms. The third-order valence-electron chi connectivity index (χ3n) is 6.00. The van der Waals surface area contributed by atoms with Gasteiger partial charge in [0.15, 0.2) is 0 Å². The van der Waals surface area contributed by atoms with Crippen molar-refractivity contribution in [3.8, 4) is 28.5 Å². The van der Waals surface area contributed by atoms with Gasteiger partial charge in [0.25, 0.3) is 0 Å². The maximum absolute atomic E-state index is 13.5. The maximum atomic E-state index is 13.5. The Hall–Kier alpha value is -3.02. The molecule has 0 spiro atoms. The molecule has 0 aliphatic heterocycles. The lowest BCUT2D eigenvalue weighted by Crippen LogP contribution is -3.00. The van der Waals surface area contributed by atoms with E-state index in [1.54, 1.807) is 0 Å². The van der Waals surface area contributed by atoms with Crippen molar-refractivity contribution < 1.29 is 32.9 Å². The molecule has 0 atom stereocenters. The smallest absolute Gasteiger partial charge is 0.213 e. The zero-order valence-corrected chi connectivity index (χ0v) is 23.9. The van der Waals surface area contributed by atoms with Gasteiger partial charge in [-0.15, -0.1) is 0 Å². The van der Waals surface area contributed by atoms with E-state index in [-0.39, 0.29) is 29.8 Å². The van der Waals surface area contributed by atoms with Crippen molar-refractivity contribution in [2.24, 2.45) is 7.05 Å². The monoisotopic (exact) mass is 653 g/mol. The van der Waals surface area contributed by atoms with Crippen LogP contribution in [0.5, 0.6) is 0 Å². The predicted octanol–water partition coefficient (Wildman–Crippen LogP) is 4.27. The fraction of sp³-hybridized carbons (Fsp3) is 0.133. The number of anilines is 1. The van der Waals surface area contributed by atoms with E-state index in [1.165, 1.54) is 12.1 Å². The third-order valence-corrected chi connectivity index (χ3v) is 6.53. The van der Waals surface area contributed by atoms with Crippen LogP contribution in [-0.4, -0.2) is 13.6 Å². The van der Waals surface area contributed by atoms with E-state index < -0.39 is 0 Å². The van der Waals surface area contributed by atoms with Gasteiger partial charge < -0.3 is 28.9 Å². The normalized spacial score (nSPS) is 10.6. The van der Waals surface area contributed by atoms with Gasteiger partial charge in [-0.2, -0.15) is 9.83 Å². The number of benzene rings is 3. The highest BCUT2D eigenvalue weighted by atomic mass is 127. The van der Waals surface area contributed by atoms with Gasteiger partial charge >= 0.3 is 0 Å². The summed E-state index contributed by atoms with van der Waals surface area (Å²) in [7, 11) is 4.05. The molecule has 1 aromatic heterocycles. The molecule has 0 aliphatic rings. The first-order valence-corrected chi connectivity index (χ1v) is 12.2. The lowest BCUT2D eigenvalue weighted by molar-refractivity contribution is -0.662. The first-order valence-electron chi connectivity index (χ1n) is 11.4. The Morgan fingerprint density at radius 2 is 1.53 bits per heavy atom. The minimum atomic E-state index is -0.245. The van der Waals surface area contributed by atoms with Gasteiger partial charge in [-0.05, 0) is 71.3 Å². The van der Waals surface area contributed by atoms with E-state index in [0.29, 0.717) is 13.0 Å². The van der Waals surface area contributed by atoms with Crippen molar-refractivity contribution in [3.63, 3.8) is 0 Å². The molecule has 0 bridgehead atoms. The predicted molar refractivity (Wildman–Crippen MR) is 145 cm³/mol. The molecule has 4 aromatic rings. The average molecular weight is 654 g/mol. The van der Waals surface area contributed by atoms with E-state index in [2.05, 4.69) is 99.2 Å². The van der Waals surface area contributed by atoms with Crippen LogP contribution in [0.2, 0.25) is 0 Å². The van der Waals surface area contributed by atoms with Crippen LogP contribution >= 0.6 is 15.9 Å². The Morgan fingerprint density at radius 1 is 0.889 bits per heavy atom. The Bertz CT molecular complexity index is 1380. The molecule has 0 N–H and O–H groups in total. The number of halogens is 3. The number of aromatic nitrogens is 1. The summed E-state index contributed by atoms with van der Waals surface area (Å²) in [6.45, 7) is 0.705. The molecule has 0 aliphatic carbocycles. The molecule has 6 heteroatoms. The molecule has 1 heterocycles. The zero-order valence-electron chi connectivity index (χ0n) is 20.1. The number of pyridine rings is 1. The number of hydrogen-bond donors (Lipinski definition) is 0. The van der Waals surface area contributed by atoms with Gasteiger partial charge in [0, 0.05) is 47.5 Å². The Kier molecular flexibility index (Phi) is 9.80. The Morgan fingerprint density at radius 3 is 2.17 bits per heavy atom. The molecule has 3 nitrogen and oxygen atoms in total. The molecule has 0 fully saturated rings. The number of nitrogens with zero attached hydrogens (tertiary/aromatic N) is 3. The van der Waals surface area contributed by atoms with Crippen LogP contribution in [0.1, 0.15) is 17.7 Å². The van der Waals surface area contributed by atoms with Crippen LogP contribution < -0.4 is 33.4 Å². The molecule has 0 radical (unpaired) electrons. The summed E-state index contributed by atoms with van der Waals surface area (Å²) >= 11 is 3.52. The van der Waals surface area contributed by atoms with E-state index in [9.17, 15) is 4.39 Å². The van der Waals surface area contributed by atoms with Gasteiger partial charge in [-0.25, -0.2) is 4.39 Å².